The van der Waals surface area contributed by atoms with E-state index in [-0.39, 0.29) is 0 Å². The third-order valence-corrected chi connectivity index (χ3v) is 4.35. The molecule has 122 valence electrons. The van der Waals surface area contributed by atoms with Crippen LogP contribution >= 0.6 is 49.7 Å². The van der Waals surface area contributed by atoms with Gasteiger partial charge in [-0.25, -0.2) is 0 Å². The highest BCUT2D eigenvalue weighted by molar-refractivity contribution is 8.11. The Hall–Kier alpha value is -0.300. The zero-order valence-electron chi connectivity index (χ0n) is 13.2. The highest BCUT2D eigenvalue weighted by Gasteiger charge is 2.09. The van der Waals surface area contributed by atoms with E-state index < -0.39 is 0 Å². The predicted molar refractivity (Wildman–Crippen MR) is 111 cm³/mol. The van der Waals surface area contributed by atoms with Gasteiger partial charge in [0, 0.05) is 26.2 Å². The molecule has 0 N–H and O–H groups in total. The Kier molecular flexibility index (Phi) is 9.40. The second kappa shape index (κ2) is 10.5. The Balaban J connectivity index is 2.80. The van der Waals surface area contributed by atoms with Crippen molar-refractivity contribution >= 4 is 58.3 Å². The number of thiocarbonyl (C=S) groups is 2. The first-order valence-electron chi connectivity index (χ1n) is 7.51. The van der Waals surface area contributed by atoms with Gasteiger partial charge < -0.3 is 9.80 Å². The molecule has 0 amide bonds. The summed E-state index contributed by atoms with van der Waals surface area (Å²) in [5, 5.41) is 0. The molecule has 0 radical (unpaired) electrons. The van der Waals surface area contributed by atoms with Gasteiger partial charge in [0.1, 0.15) is 8.64 Å². The second-order valence-electron chi connectivity index (χ2n) is 5.23. The summed E-state index contributed by atoms with van der Waals surface area (Å²) in [6.07, 6.45) is 2.11. The lowest BCUT2D eigenvalue weighted by molar-refractivity contribution is 0.420. The Bertz CT molecular complexity index is 463. The van der Waals surface area contributed by atoms with Crippen molar-refractivity contribution in [3.8, 4) is 0 Å². The molecule has 6 heteroatoms. The van der Waals surface area contributed by atoms with Gasteiger partial charge >= 0.3 is 0 Å². The summed E-state index contributed by atoms with van der Waals surface area (Å²) in [5.41, 5.74) is 2.48. The van der Waals surface area contributed by atoms with Gasteiger partial charge in [-0.15, -0.1) is 25.3 Å². The first-order valence-corrected chi connectivity index (χ1v) is 9.22. The van der Waals surface area contributed by atoms with E-state index in [0.717, 1.165) is 39.0 Å². The molecular formula is C16H24N2S4. The third kappa shape index (κ3) is 6.86. The Labute approximate surface area is 156 Å². The van der Waals surface area contributed by atoms with E-state index in [4.69, 9.17) is 24.4 Å². The molecule has 0 bridgehead atoms. The summed E-state index contributed by atoms with van der Waals surface area (Å²) in [5.74, 6) is 0. The highest BCUT2D eigenvalue weighted by atomic mass is 32.1. The van der Waals surface area contributed by atoms with Gasteiger partial charge in [-0.2, -0.15) is 0 Å². The monoisotopic (exact) mass is 372 g/mol. The van der Waals surface area contributed by atoms with Crippen molar-refractivity contribution in [3.05, 3.63) is 35.4 Å². The molecule has 0 saturated carbocycles. The van der Waals surface area contributed by atoms with Gasteiger partial charge in [0.2, 0.25) is 0 Å². The fourth-order valence-corrected chi connectivity index (χ4v) is 2.94. The Morgan fingerprint density at radius 2 is 1.32 bits per heavy atom. The largest absolute Gasteiger partial charge is 0.353 e. The van der Waals surface area contributed by atoms with Crippen LogP contribution in [0.2, 0.25) is 0 Å². The molecule has 1 rings (SSSR count). The van der Waals surface area contributed by atoms with Crippen LogP contribution in [0.4, 0.5) is 0 Å². The normalized spacial score (nSPS) is 10.4. The van der Waals surface area contributed by atoms with E-state index >= 15 is 0 Å². The molecule has 1 aromatic carbocycles. The SMILES string of the molecule is CCCN(Cc1cccc(CN(CCC)C(=S)S)c1)C(=S)S. The molecule has 0 atom stereocenters. The topological polar surface area (TPSA) is 6.48 Å². The smallest absolute Gasteiger partial charge is 0.133 e. The van der Waals surface area contributed by atoms with Crippen molar-refractivity contribution in [2.45, 2.75) is 39.8 Å². The Morgan fingerprint density at radius 1 is 0.909 bits per heavy atom. The van der Waals surface area contributed by atoms with Crippen molar-refractivity contribution in [2.75, 3.05) is 13.1 Å². The maximum atomic E-state index is 5.21. The predicted octanol–water partition coefficient (Wildman–Crippen LogP) is 4.54. The number of benzene rings is 1. The maximum absolute atomic E-state index is 5.21. The van der Waals surface area contributed by atoms with Crippen LogP contribution in [0.1, 0.15) is 37.8 Å². The van der Waals surface area contributed by atoms with E-state index in [1.54, 1.807) is 0 Å². The van der Waals surface area contributed by atoms with E-state index in [9.17, 15) is 0 Å². The average molecular weight is 373 g/mol. The summed E-state index contributed by atoms with van der Waals surface area (Å²) in [6, 6.07) is 8.55. The van der Waals surface area contributed by atoms with E-state index in [1.165, 1.54) is 11.1 Å². The van der Waals surface area contributed by atoms with Crippen LogP contribution in [0.25, 0.3) is 0 Å². The van der Waals surface area contributed by atoms with Crippen molar-refractivity contribution in [1.82, 2.24) is 9.80 Å². The summed E-state index contributed by atoms with van der Waals surface area (Å²) in [6.45, 7) is 7.73. The van der Waals surface area contributed by atoms with Crippen molar-refractivity contribution in [1.29, 1.82) is 0 Å². The fourth-order valence-electron chi connectivity index (χ4n) is 2.29. The van der Waals surface area contributed by atoms with Crippen LogP contribution in [0.3, 0.4) is 0 Å². The minimum atomic E-state index is 0.649. The number of hydrogen-bond donors (Lipinski definition) is 2. The lowest BCUT2D eigenvalue weighted by Crippen LogP contribution is -2.27. The summed E-state index contributed by atoms with van der Waals surface area (Å²) >= 11 is 19.0. The molecule has 0 aromatic heterocycles. The Morgan fingerprint density at radius 3 is 1.64 bits per heavy atom. The van der Waals surface area contributed by atoms with Crippen LogP contribution in [-0.4, -0.2) is 31.5 Å². The van der Waals surface area contributed by atoms with Crippen LogP contribution in [-0.2, 0) is 13.1 Å². The standard InChI is InChI=1S/C16H24N2S4/c1-3-8-17(15(19)20)11-13-6-5-7-14(10-13)12-18(9-4-2)16(21)22/h5-7,10H,3-4,8-9,11-12H2,1-2H3,(H,19,20)(H,21,22). The van der Waals surface area contributed by atoms with Gasteiger partial charge in [0.15, 0.2) is 0 Å². The molecule has 2 nitrogen and oxygen atoms in total. The number of hydrogen-bond acceptors (Lipinski definition) is 2. The summed E-state index contributed by atoms with van der Waals surface area (Å²) < 4.78 is 1.30. The lowest BCUT2D eigenvalue weighted by atomic mass is 10.1. The molecule has 22 heavy (non-hydrogen) atoms. The quantitative estimate of drug-likeness (QED) is 0.511. The zero-order chi connectivity index (χ0) is 16.5. The van der Waals surface area contributed by atoms with Crippen LogP contribution in [0.15, 0.2) is 24.3 Å². The van der Waals surface area contributed by atoms with Gasteiger partial charge in [0.25, 0.3) is 0 Å². The maximum Gasteiger partial charge on any atom is 0.133 e. The first kappa shape index (κ1) is 19.7. The van der Waals surface area contributed by atoms with Crippen LogP contribution in [0, 0.1) is 0 Å². The number of thiol groups is 2. The molecule has 1 aromatic rings. The average Bonchev–Trinajstić information content (AvgIpc) is 2.46. The molecule has 0 aliphatic rings. The first-order chi connectivity index (χ1) is 10.5. The zero-order valence-corrected chi connectivity index (χ0v) is 16.6. The molecule has 0 spiro atoms. The highest BCUT2D eigenvalue weighted by Crippen LogP contribution is 2.14. The molecular weight excluding hydrogens is 348 g/mol. The summed E-state index contributed by atoms with van der Waals surface area (Å²) in [4.78, 5) is 4.23. The molecule has 0 aliphatic carbocycles. The summed E-state index contributed by atoms with van der Waals surface area (Å²) in [7, 11) is 0. The molecule has 0 heterocycles. The van der Waals surface area contributed by atoms with Crippen LogP contribution < -0.4 is 0 Å². The van der Waals surface area contributed by atoms with Crippen LogP contribution in [0.5, 0.6) is 0 Å². The number of nitrogens with zero attached hydrogens (tertiary/aromatic N) is 2. The van der Waals surface area contributed by atoms with Gasteiger partial charge in [-0.3, -0.25) is 0 Å². The molecule has 0 fully saturated rings. The van der Waals surface area contributed by atoms with E-state index in [1.807, 2.05) is 0 Å². The van der Waals surface area contributed by atoms with Crippen molar-refractivity contribution in [2.24, 2.45) is 0 Å². The van der Waals surface area contributed by atoms with Crippen molar-refractivity contribution < 1.29 is 0 Å². The lowest BCUT2D eigenvalue weighted by Gasteiger charge is -2.24. The number of rotatable bonds is 8. The van der Waals surface area contributed by atoms with E-state index in [2.05, 4.69) is 73.2 Å². The van der Waals surface area contributed by atoms with Gasteiger partial charge in [-0.1, -0.05) is 62.5 Å². The molecule has 0 saturated heterocycles. The van der Waals surface area contributed by atoms with Gasteiger partial charge in [-0.05, 0) is 24.0 Å². The fraction of sp³-hybridized carbons (Fsp3) is 0.500. The van der Waals surface area contributed by atoms with Gasteiger partial charge in [0.05, 0.1) is 0 Å². The molecule has 0 unspecified atom stereocenters. The third-order valence-electron chi connectivity index (χ3n) is 3.27. The molecule has 0 aliphatic heterocycles. The second-order valence-corrected chi connectivity index (χ2v) is 7.45. The van der Waals surface area contributed by atoms with Crippen molar-refractivity contribution in [3.63, 3.8) is 0 Å². The minimum Gasteiger partial charge on any atom is -0.353 e. The minimum absolute atomic E-state index is 0.649. The van der Waals surface area contributed by atoms with E-state index in [0.29, 0.717) is 8.64 Å².